The minimum Gasteiger partial charge on any atom is -0.477 e. The molecule has 0 radical (unpaired) electrons. The van der Waals surface area contributed by atoms with Gasteiger partial charge in [0, 0.05) is 48.3 Å². The van der Waals surface area contributed by atoms with Crippen LogP contribution in [-0.4, -0.2) is 121 Å². The number of tetrazole rings is 1. The fourth-order valence-corrected chi connectivity index (χ4v) is 7.41. The first kappa shape index (κ1) is 27.5. The van der Waals surface area contributed by atoms with Gasteiger partial charge in [-0.1, -0.05) is 6.92 Å². The van der Waals surface area contributed by atoms with Gasteiger partial charge in [-0.2, -0.15) is 0 Å². The normalized spacial score (nSPS) is 31.2. The molecule has 3 saturated heterocycles. The highest BCUT2D eigenvalue weighted by atomic mass is 32.2. The lowest BCUT2D eigenvalue weighted by Crippen LogP contribution is -2.66. The number of aliphatic carboxylic acids is 1. The van der Waals surface area contributed by atoms with Crippen molar-refractivity contribution in [1.29, 1.82) is 0 Å². The molecule has 4 aliphatic rings. The SMILES string of the molecule is C[C@@H](NC(=O)Cn1cnnn1)[C@H]1C(=O)N2C(C(=O)O)=C(S[C@@H]3CN[C@H](C(=O)N4CCOC(CN)C4)C3)[C@H](C)[C@H]12. The molecule has 0 saturated carbocycles. The number of hydrogen-bond donors (Lipinski definition) is 4. The van der Waals surface area contributed by atoms with E-state index in [1.807, 2.05) is 6.92 Å². The van der Waals surface area contributed by atoms with Gasteiger partial charge in [0.05, 0.1) is 30.7 Å². The van der Waals surface area contributed by atoms with Crippen molar-refractivity contribution >= 4 is 35.5 Å². The highest BCUT2D eigenvalue weighted by molar-refractivity contribution is 8.03. The Hall–Kier alpha value is -3.08. The van der Waals surface area contributed by atoms with Crippen molar-refractivity contribution in [1.82, 2.24) is 40.6 Å². The molecule has 0 aromatic carbocycles. The Labute approximate surface area is 228 Å². The summed E-state index contributed by atoms with van der Waals surface area (Å²) in [7, 11) is 0. The Morgan fingerprint density at radius 2 is 2.18 bits per heavy atom. The maximum absolute atomic E-state index is 13.1. The van der Waals surface area contributed by atoms with Crippen LogP contribution in [0, 0.1) is 11.8 Å². The molecular weight excluding hydrogens is 530 g/mol. The van der Waals surface area contributed by atoms with Crippen LogP contribution in [-0.2, 0) is 30.5 Å². The maximum Gasteiger partial charge on any atom is 0.353 e. The number of carboxylic acid groups (broad SMARTS) is 1. The summed E-state index contributed by atoms with van der Waals surface area (Å²) in [5, 5.41) is 26.8. The van der Waals surface area contributed by atoms with Crippen LogP contribution in [0.2, 0.25) is 0 Å². The Balaban J connectivity index is 1.22. The molecule has 0 bridgehead atoms. The predicted octanol–water partition coefficient (Wildman–Crippen LogP) is -2.40. The average Bonchev–Trinajstić information content (AvgIpc) is 3.64. The van der Waals surface area contributed by atoms with Gasteiger partial charge in [0.25, 0.3) is 0 Å². The van der Waals surface area contributed by atoms with Gasteiger partial charge in [-0.3, -0.25) is 14.4 Å². The zero-order valence-corrected chi connectivity index (χ0v) is 22.5. The van der Waals surface area contributed by atoms with Gasteiger partial charge in [0.15, 0.2) is 0 Å². The third-order valence-corrected chi connectivity index (χ3v) is 9.32. The number of morpholine rings is 1. The quantitative estimate of drug-likeness (QED) is 0.233. The molecule has 16 heteroatoms. The molecule has 5 N–H and O–H groups in total. The number of carbonyl (C=O) groups is 4. The molecule has 1 unspecified atom stereocenters. The van der Waals surface area contributed by atoms with Crippen LogP contribution in [0.15, 0.2) is 16.9 Å². The fourth-order valence-electron chi connectivity index (χ4n) is 5.93. The van der Waals surface area contributed by atoms with E-state index < -0.39 is 17.9 Å². The maximum atomic E-state index is 13.1. The van der Waals surface area contributed by atoms with E-state index in [9.17, 15) is 24.3 Å². The number of amides is 3. The summed E-state index contributed by atoms with van der Waals surface area (Å²) >= 11 is 1.43. The summed E-state index contributed by atoms with van der Waals surface area (Å²) < 4.78 is 6.84. The van der Waals surface area contributed by atoms with E-state index >= 15 is 0 Å². The van der Waals surface area contributed by atoms with E-state index in [2.05, 4.69) is 26.2 Å². The second-order valence-corrected chi connectivity index (χ2v) is 11.7. The Morgan fingerprint density at radius 1 is 1.38 bits per heavy atom. The molecule has 5 heterocycles. The highest BCUT2D eigenvalue weighted by Crippen LogP contribution is 2.51. The fraction of sp³-hybridized carbons (Fsp3) is 0.696. The topological polar surface area (TPSA) is 198 Å². The van der Waals surface area contributed by atoms with Crippen LogP contribution < -0.4 is 16.4 Å². The Morgan fingerprint density at radius 3 is 2.87 bits per heavy atom. The van der Waals surface area contributed by atoms with Gasteiger partial charge >= 0.3 is 5.97 Å². The number of hydrogen-bond acceptors (Lipinski definition) is 11. The van der Waals surface area contributed by atoms with Crippen molar-refractivity contribution in [2.45, 2.75) is 56.3 Å². The summed E-state index contributed by atoms with van der Waals surface area (Å²) in [4.78, 5) is 54.7. The van der Waals surface area contributed by atoms with Crippen molar-refractivity contribution in [2.24, 2.45) is 17.6 Å². The molecule has 0 spiro atoms. The van der Waals surface area contributed by atoms with Gasteiger partial charge in [-0.25, -0.2) is 9.48 Å². The lowest BCUT2D eigenvalue weighted by Gasteiger charge is -2.47. The van der Waals surface area contributed by atoms with Gasteiger partial charge in [-0.15, -0.1) is 16.9 Å². The molecule has 7 atom stereocenters. The van der Waals surface area contributed by atoms with Crippen LogP contribution >= 0.6 is 11.8 Å². The van der Waals surface area contributed by atoms with Crippen molar-refractivity contribution in [3.8, 4) is 0 Å². The number of carboxylic acids is 1. The standard InChI is InChI=1S/C23H33N9O6S/c1-11-18-17(12(2)27-16(33)9-31-10-26-28-29-31)22(35)32(18)19(23(36)37)20(11)39-14-5-15(25-7-14)21(34)30-3-4-38-13(6-24)8-30/h10-15,17-18,25H,3-9,24H2,1-2H3,(H,27,33)(H,36,37)/t11-,12-,13?,14+,15+,17-,18-/m1/s1. The first-order valence-electron chi connectivity index (χ1n) is 13.0. The zero-order valence-electron chi connectivity index (χ0n) is 21.7. The number of nitrogens with two attached hydrogens (primary N) is 1. The predicted molar refractivity (Wildman–Crippen MR) is 137 cm³/mol. The summed E-state index contributed by atoms with van der Waals surface area (Å²) in [5.74, 6) is -2.63. The second-order valence-electron chi connectivity index (χ2n) is 10.3. The number of nitrogens with zero attached hydrogens (tertiary/aromatic N) is 6. The number of thioether (sulfide) groups is 1. The van der Waals surface area contributed by atoms with Crippen LogP contribution in [0.3, 0.4) is 0 Å². The Bertz CT molecular complexity index is 1160. The van der Waals surface area contributed by atoms with Crippen LogP contribution in [0.4, 0.5) is 0 Å². The molecule has 1 aromatic rings. The number of rotatable bonds is 9. The van der Waals surface area contributed by atoms with Crippen molar-refractivity contribution in [2.75, 3.05) is 32.8 Å². The number of nitrogens with one attached hydrogen (secondary N) is 2. The van der Waals surface area contributed by atoms with Crippen molar-refractivity contribution in [3.63, 3.8) is 0 Å². The first-order valence-corrected chi connectivity index (χ1v) is 13.9. The third-order valence-electron chi connectivity index (χ3n) is 7.81. The van der Waals surface area contributed by atoms with Gasteiger partial charge < -0.3 is 36.0 Å². The number of carbonyl (C=O) groups excluding carboxylic acids is 3. The van der Waals surface area contributed by atoms with E-state index in [1.165, 1.54) is 27.7 Å². The largest absolute Gasteiger partial charge is 0.477 e. The summed E-state index contributed by atoms with van der Waals surface area (Å²) in [6.45, 7) is 5.89. The van der Waals surface area contributed by atoms with E-state index in [0.717, 1.165) is 0 Å². The molecule has 4 aliphatic heterocycles. The minimum atomic E-state index is -1.16. The molecule has 15 nitrogen and oxygen atoms in total. The Kier molecular flexibility index (Phi) is 7.89. The average molecular weight is 564 g/mol. The van der Waals surface area contributed by atoms with Crippen molar-refractivity contribution < 1.29 is 29.0 Å². The van der Waals surface area contributed by atoms with Gasteiger partial charge in [0.2, 0.25) is 17.7 Å². The first-order chi connectivity index (χ1) is 18.7. The molecule has 212 valence electrons. The lowest BCUT2D eigenvalue weighted by atomic mass is 9.78. The van der Waals surface area contributed by atoms with Gasteiger partial charge in [-0.05, 0) is 23.8 Å². The van der Waals surface area contributed by atoms with E-state index in [4.69, 9.17) is 10.5 Å². The number of ether oxygens (including phenoxy) is 1. The van der Waals surface area contributed by atoms with Crippen LogP contribution in [0.1, 0.15) is 20.3 Å². The number of aromatic nitrogens is 4. The van der Waals surface area contributed by atoms with Crippen LogP contribution in [0.5, 0.6) is 0 Å². The third kappa shape index (κ3) is 5.25. The van der Waals surface area contributed by atoms with E-state index in [0.29, 0.717) is 44.1 Å². The highest BCUT2D eigenvalue weighted by Gasteiger charge is 2.60. The van der Waals surface area contributed by atoms with Gasteiger partial charge in [0.1, 0.15) is 18.6 Å². The number of β-lactam (4-membered cyclic amide) rings is 1. The zero-order chi connectivity index (χ0) is 27.8. The lowest BCUT2D eigenvalue weighted by molar-refractivity contribution is -0.158. The summed E-state index contributed by atoms with van der Waals surface area (Å²) in [6.07, 6.45) is 1.70. The molecule has 5 rings (SSSR count). The van der Waals surface area contributed by atoms with E-state index in [-0.39, 0.29) is 59.3 Å². The minimum absolute atomic E-state index is 0.000269. The molecule has 0 aliphatic carbocycles. The molecule has 39 heavy (non-hydrogen) atoms. The second kappa shape index (κ2) is 11.2. The molecular formula is C23H33N9O6S. The molecule has 3 fully saturated rings. The smallest absolute Gasteiger partial charge is 0.353 e. The monoisotopic (exact) mass is 563 g/mol. The van der Waals surface area contributed by atoms with Crippen LogP contribution in [0.25, 0.3) is 0 Å². The summed E-state index contributed by atoms with van der Waals surface area (Å²) in [6, 6.07) is -1.25. The van der Waals surface area contributed by atoms with Crippen molar-refractivity contribution in [3.05, 3.63) is 16.9 Å². The molecule has 3 amide bonds. The summed E-state index contributed by atoms with van der Waals surface area (Å²) in [5.41, 5.74) is 5.71. The number of fused-ring (bicyclic) bond motifs is 1. The van der Waals surface area contributed by atoms with E-state index in [1.54, 1.807) is 11.8 Å². The molecule has 1 aromatic heterocycles.